The van der Waals surface area contributed by atoms with Crippen molar-refractivity contribution < 1.29 is 56.2 Å². The van der Waals surface area contributed by atoms with E-state index in [0.29, 0.717) is 6.54 Å². The number of nitrogens with one attached hydrogen (secondary N) is 2. The first-order chi connectivity index (χ1) is 14.5. The molecule has 0 saturated heterocycles. The van der Waals surface area contributed by atoms with Gasteiger partial charge in [-0.25, -0.2) is 0 Å². The van der Waals surface area contributed by atoms with Gasteiger partial charge in [0, 0.05) is 34.9 Å². The summed E-state index contributed by atoms with van der Waals surface area (Å²) in [5.41, 5.74) is 5.58. The molecule has 0 aliphatic heterocycles. The predicted molar refractivity (Wildman–Crippen MR) is 137 cm³/mol. The third kappa shape index (κ3) is 10.7. The number of rotatable bonds is 7. The van der Waals surface area contributed by atoms with Crippen LogP contribution in [0.15, 0.2) is 52.5 Å². The van der Waals surface area contributed by atoms with Crippen LogP contribution in [0.2, 0.25) is 0 Å². The molecule has 0 spiro atoms. The van der Waals surface area contributed by atoms with Gasteiger partial charge in [0.1, 0.15) is 0 Å². The third-order valence-electron chi connectivity index (χ3n) is 4.35. The zero-order valence-corrected chi connectivity index (χ0v) is 25.4. The maximum absolute atomic E-state index is 13.0. The summed E-state index contributed by atoms with van der Waals surface area (Å²) < 4.78 is 0.944. The van der Waals surface area contributed by atoms with Crippen molar-refractivity contribution in [3.63, 3.8) is 0 Å². The molecule has 0 bridgehead atoms. The number of nitrogens with zero attached hydrogens (tertiary/aromatic N) is 1. The minimum atomic E-state index is -0.0665. The van der Waals surface area contributed by atoms with Crippen LogP contribution in [-0.2, 0) is 11.3 Å². The van der Waals surface area contributed by atoms with Crippen molar-refractivity contribution in [3.8, 4) is 0 Å². The number of hydrogen-bond donors (Lipinski definition) is 2. The van der Waals surface area contributed by atoms with Crippen LogP contribution < -0.4 is 62.0 Å². The SMILES string of the molecule is CC.CC.CCC(C)=C(C(=O)NCc1ccc([N-]C)cc1)c1cc(Br)ccc1NC.[K+]. The van der Waals surface area contributed by atoms with E-state index in [4.69, 9.17) is 0 Å². The molecule has 0 aliphatic carbocycles. The maximum atomic E-state index is 13.0. The van der Waals surface area contributed by atoms with Gasteiger partial charge in [0.25, 0.3) is 5.91 Å². The summed E-state index contributed by atoms with van der Waals surface area (Å²) >= 11 is 3.51. The zero-order valence-electron chi connectivity index (χ0n) is 20.7. The molecule has 0 aromatic heterocycles. The Morgan fingerprint density at radius 1 is 1.03 bits per heavy atom. The van der Waals surface area contributed by atoms with Crippen LogP contribution >= 0.6 is 15.9 Å². The second-order valence-electron chi connectivity index (χ2n) is 6.02. The van der Waals surface area contributed by atoms with Gasteiger partial charge in [-0.05, 0) is 37.1 Å². The minimum absolute atomic E-state index is 0. The van der Waals surface area contributed by atoms with Gasteiger partial charge in [-0.15, -0.1) is 12.7 Å². The van der Waals surface area contributed by atoms with E-state index in [1.54, 1.807) is 7.05 Å². The molecule has 0 aliphatic rings. The molecular formula is C25H37BrKN3O. The number of halogens is 1. The molecule has 2 N–H and O–H groups in total. The molecule has 0 fully saturated rings. The summed E-state index contributed by atoms with van der Waals surface area (Å²) in [4.78, 5) is 13.0. The van der Waals surface area contributed by atoms with Crippen molar-refractivity contribution in [2.24, 2.45) is 0 Å². The van der Waals surface area contributed by atoms with E-state index in [1.165, 1.54) is 0 Å². The van der Waals surface area contributed by atoms with Gasteiger partial charge < -0.3 is 16.0 Å². The molecule has 0 radical (unpaired) electrons. The number of carbonyl (C=O) groups is 1. The molecular weight excluding hydrogens is 477 g/mol. The summed E-state index contributed by atoms with van der Waals surface area (Å²) in [6.45, 7) is 12.5. The molecule has 0 heterocycles. The molecule has 0 saturated carbocycles. The van der Waals surface area contributed by atoms with Crippen LogP contribution in [0.4, 0.5) is 11.4 Å². The average Bonchev–Trinajstić information content (AvgIpc) is 2.80. The molecule has 31 heavy (non-hydrogen) atoms. The summed E-state index contributed by atoms with van der Waals surface area (Å²) in [6.07, 6.45) is 0.811. The Balaban J connectivity index is 0. The van der Waals surface area contributed by atoms with E-state index in [2.05, 4.69) is 38.8 Å². The number of amides is 1. The zero-order chi connectivity index (χ0) is 23.1. The number of allylic oxidation sites excluding steroid dienone is 1. The van der Waals surface area contributed by atoms with Gasteiger partial charge in [-0.2, -0.15) is 0 Å². The second kappa shape index (κ2) is 18.9. The van der Waals surface area contributed by atoms with Crippen molar-refractivity contribution in [2.45, 2.75) is 54.5 Å². The quantitative estimate of drug-likeness (QED) is 0.417. The Bertz CT molecular complexity index is 805. The van der Waals surface area contributed by atoms with Crippen LogP contribution in [0.1, 0.15) is 59.1 Å². The first-order valence-electron chi connectivity index (χ1n) is 10.6. The van der Waals surface area contributed by atoms with E-state index < -0.39 is 0 Å². The minimum Gasteiger partial charge on any atom is -0.687 e. The topological polar surface area (TPSA) is 55.2 Å². The van der Waals surface area contributed by atoms with E-state index in [1.807, 2.05) is 84.1 Å². The van der Waals surface area contributed by atoms with Gasteiger partial charge in [0.05, 0.1) is 0 Å². The Hall–Kier alpha value is -0.634. The normalized spacial score (nSPS) is 10.1. The summed E-state index contributed by atoms with van der Waals surface area (Å²) in [5, 5.41) is 10.4. The maximum Gasteiger partial charge on any atom is 1.00 e. The molecule has 2 aromatic carbocycles. The third-order valence-corrected chi connectivity index (χ3v) is 4.85. The Kier molecular flexibility index (Phi) is 19.8. The average molecular weight is 515 g/mol. The predicted octanol–water partition coefficient (Wildman–Crippen LogP) is 4.68. The number of anilines is 1. The first-order valence-corrected chi connectivity index (χ1v) is 11.4. The van der Waals surface area contributed by atoms with E-state index in [0.717, 1.165) is 44.5 Å². The Labute approximate surface area is 240 Å². The van der Waals surface area contributed by atoms with Crippen LogP contribution in [0, 0.1) is 0 Å². The van der Waals surface area contributed by atoms with Gasteiger partial charge in [0.15, 0.2) is 0 Å². The Morgan fingerprint density at radius 2 is 1.61 bits per heavy atom. The largest absolute Gasteiger partial charge is 1.00 e. The van der Waals surface area contributed by atoms with Crippen molar-refractivity contribution in [2.75, 3.05) is 19.4 Å². The van der Waals surface area contributed by atoms with Gasteiger partial charge in [-0.1, -0.05) is 80.4 Å². The second-order valence-corrected chi connectivity index (χ2v) is 6.94. The fourth-order valence-corrected chi connectivity index (χ4v) is 3.06. The van der Waals surface area contributed by atoms with E-state index in [9.17, 15) is 4.79 Å². The molecule has 2 aromatic rings. The Morgan fingerprint density at radius 3 is 2.10 bits per heavy atom. The van der Waals surface area contributed by atoms with Gasteiger partial charge in [-0.3, -0.25) is 4.79 Å². The number of carbonyl (C=O) groups excluding carboxylic acids is 1. The molecule has 0 atom stereocenters. The smallest absolute Gasteiger partial charge is 0.687 e. The molecule has 166 valence electrons. The van der Waals surface area contributed by atoms with Crippen molar-refractivity contribution in [1.29, 1.82) is 0 Å². The summed E-state index contributed by atoms with van der Waals surface area (Å²) in [7, 11) is 3.63. The molecule has 1 amide bonds. The first kappa shape index (κ1) is 32.5. The summed E-state index contributed by atoms with van der Waals surface area (Å²) in [5.74, 6) is -0.0665. The fourth-order valence-electron chi connectivity index (χ4n) is 2.70. The fraction of sp³-hybridized carbons (Fsp3) is 0.400. The van der Waals surface area contributed by atoms with Crippen molar-refractivity contribution >= 4 is 38.8 Å². The molecule has 2 rings (SSSR count). The van der Waals surface area contributed by atoms with Crippen LogP contribution in [0.3, 0.4) is 0 Å². The standard InChI is InChI=1S/C21H25BrN3O.2C2H6.K/c1-5-14(2)20(18-12-16(22)8-11-19(18)24-4)21(26)25-13-15-6-9-17(23-3)10-7-15;2*1-2;/h6-12,24H,5,13H2,1-4H3,(H,25,26);2*1-2H3;/q-1;;;+1. The van der Waals surface area contributed by atoms with Gasteiger partial charge in [0.2, 0.25) is 0 Å². The van der Waals surface area contributed by atoms with Crippen molar-refractivity contribution in [3.05, 3.63) is 69.0 Å². The summed E-state index contributed by atoms with van der Waals surface area (Å²) in [6, 6.07) is 13.8. The number of hydrogen-bond acceptors (Lipinski definition) is 2. The van der Waals surface area contributed by atoms with Crippen LogP contribution in [-0.4, -0.2) is 20.0 Å². The van der Waals surface area contributed by atoms with Crippen LogP contribution in [0.5, 0.6) is 0 Å². The number of benzene rings is 2. The van der Waals surface area contributed by atoms with E-state index in [-0.39, 0.29) is 57.3 Å². The van der Waals surface area contributed by atoms with Crippen LogP contribution in [0.25, 0.3) is 10.9 Å². The van der Waals surface area contributed by atoms with Crippen molar-refractivity contribution in [1.82, 2.24) is 5.32 Å². The molecule has 6 heteroatoms. The van der Waals surface area contributed by atoms with Gasteiger partial charge >= 0.3 is 51.4 Å². The van der Waals surface area contributed by atoms with E-state index >= 15 is 0 Å². The monoisotopic (exact) mass is 513 g/mol. The molecule has 4 nitrogen and oxygen atoms in total. The molecule has 0 unspecified atom stereocenters.